The molecule has 1 fully saturated rings. The van der Waals surface area contributed by atoms with Crippen molar-refractivity contribution in [3.05, 3.63) is 23.9 Å². The van der Waals surface area contributed by atoms with E-state index in [2.05, 4.69) is 64.7 Å². The number of hydrogen-bond acceptors (Lipinski definition) is 1. The van der Waals surface area contributed by atoms with Crippen molar-refractivity contribution in [2.24, 2.45) is 11.8 Å². The number of piperidine rings is 1. The van der Waals surface area contributed by atoms with Gasteiger partial charge in [-0.25, -0.2) is 0 Å². The number of likely N-dealkylation sites (tertiary alicyclic amines) is 1. The average Bonchev–Trinajstić information content (AvgIpc) is 2.13. The average molecular weight is 233 g/mol. The lowest BCUT2D eigenvalue weighted by atomic mass is 9.71. The molecule has 2 aliphatic rings. The van der Waals surface area contributed by atoms with Gasteiger partial charge in [0.2, 0.25) is 0 Å². The summed E-state index contributed by atoms with van der Waals surface area (Å²) >= 11 is 0. The van der Waals surface area contributed by atoms with Crippen LogP contribution in [-0.2, 0) is 0 Å². The van der Waals surface area contributed by atoms with Crippen molar-refractivity contribution in [1.29, 1.82) is 0 Å². The van der Waals surface area contributed by atoms with Crippen molar-refractivity contribution >= 4 is 0 Å². The van der Waals surface area contributed by atoms with Crippen LogP contribution < -0.4 is 0 Å². The van der Waals surface area contributed by atoms with Crippen molar-refractivity contribution in [1.82, 2.24) is 4.90 Å². The largest absolute Gasteiger partial charge is 0.365 e. The van der Waals surface area contributed by atoms with Gasteiger partial charge in [-0.15, -0.1) is 0 Å². The highest BCUT2D eigenvalue weighted by atomic mass is 15.3. The van der Waals surface area contributed by atoms with E-state index in [-0.39, 0.29) is 11.1 Å². The van der Waals surface area contributed by atoms with E-state index in [4.69, 9.17) is 0 Å². The Bertz CT molecular complexity index is 354. The highest BCUT2D eigenvalue weighted by Crippen LogP contribution is 2.47. The SMILES string of the molecule is CC1CC(C)(C)N(C(C)(C)C)C2=CC=CCC21. The van der Waals surface area contributed by atoms with Crippen molar-refractivity contribution in [3.8, 4) is 0 Å². The van der Waals surface area contributed by atoms with Crippen LogP contribution in [0.3, 0.4) is 0 Å². The third kappa shape index (κ3) is 2.17. The van der Waals surface area contributed by atoms with Gasteiger partial charge in [0.25, 0.3) is 0 Å². The Morgan fingerprint density at radius 1 is 1.29 bits per heavy atom. The Morgan fingerprint density at radius 3 is 2.53 bits per heavy atom. The fraction of sp³-hybridized carbons (Fsp3) is 0.750. The highest BCUT2D eigenvalue weighted by molar-refractivity contribution is 5.26. The molecule has 1 saturated heterocycles. The van der Waals surface area contributed by atoms with E-state index in [1.807, 2.05) is 0 Å². The van der Waals surface area contributed by atoms with Crippen LogP contribution in [-0.4, -0.2) is 16.0 Å². The third-order valence-electron chi connectivity index (χ3n) is 4.22. The minimum absolute atomic E-state index is 0.207. The lowest BCUT2D eigenvalue weighted by Crippen LogP contribution is -2.59. The van der Waals surface area contributed by atoms with Gasteiger partial charge in [0.15, 0.2) is 0 Å². The van der Waals surface area contributed by atoms with E-state index in [1.54, 1.807) is 5.70 Å². The van der Waals surface area contributed by atoms with Gasteiger partial charge in [-0.1, -0.05) is 19.1 Å². The van der Waals surface area contributed by atoms with Gasteiger partial charge in [0.1, 0.15) is 0 Å². The summed E-state index contributed by atoms with van der Waals surface area (Å²) in [6, 6.07) is 0. The summed E-state index contributed by atoms with van der Waals surface area (Å²) < 4.78 is 0. The first-order valence-corrected chi connectivity index (χ1v) is 6.90. The molecule has 0 spiro atoms. The summed E-state index contributed by atoms with van der Waals surface area (Å²) in [6.07, 6.45) is 9.41. The molecule has 0 N–H and O–H groups in total. The zero-order valence-electron chi connectivity index (χ0n) is 12.2. The number of rotatable bonds is 0. The lowest BCUT2D eigenvalue weighted by Gasteiger charge is -2.57. The molecule has 0 amide bonds. The zero-order valence-corrected chi connectivity index (χ0v) is 12.2. The second-order valence-corrected chi connectivity index (χ2v) is 7.36. The second-order valence-electron chi connectivity index (χ2n) is 7.36. The summed E-state index contributed by atoms with van der Waals surface area (Å²) in [5, 5.41) is 0. The minimum atomic E-state index is 0.207. The molecule has 0 saturated carbocycles. The molecule has 1 aliphatic heterocycles. The van der Waals surface area contributed by atoms with E-state index in [0.29, 0.717) is 0 Å². The number of hydrogen-bond donors (Lipinski definition) is 0. The molecule has 2 atom stereocenters. The fourth-order valence-electron chi connectivity index (χ4n) is 4.07. The molecule has 0 aromatic carbocycles. The summed E-state index contributed by atoms with van der Waals surface area (Å²) in [5.74, 6) is 1.52. The summed E-state index contributed by atoms with van der Waals surface area (Å²) in [5.41, 5.74) is 2.04. The summed E-state index contributed by atoms with van der Waals surface area (Å²) in [6.45, 7) is 14.2. The molecule has 0 aromatic rings. The standard InChI is InChI=1S/C16H27N/c1-12-11-16(5,6)17(15(2,3)4)14-10-8-7-9-13(12)14/h7-8,10,12-13H,9,11H2,1-6H3. The predicted octanol–water partition coefficient (Wildman–Crippen LogP) is 4.37. The lowest BCUT2D eigenvalue weighted by molar-refractivity contribution is -0.00535. The number of fused-ring (bicyclic) bond motifs is 1. The number of allylic oxidation sites excluding steroid dienone is 4. The van der Waals surface area contributed by atoms with Crippen molar-refractivity contribution in [2.45, 2.75) is 65.5 Å². The quantitative estimate of drug-likeness (QED) is 0.600. The maximum absolute atomic E-state index is 2.66. The summed E-state index contributed by atoms with van der Waals surface area (Å²) in [7, 11) is 0. The normalized spacial score (nSPS) is 32.1. The van der Waals surface area contributed by atoms with Crippen molar-refractivity contribution in [2.75, 3.05) is 0 Å². The molecule has 1 aliphatic carbocycles. The molecular formula is C16H27N. The van der Waals surface area contributed by atoms with Crippen molar-refractivity contribution < 1.29 is 0 Å². The van der Waals surface area contributed by atoms with Gasteiger partial charge >= 0.3 is 0 Å². The third-order valence-corrected chi connectivity index (χ3v) is 4.22. The molecule has 0 aromatic heterocycles. The van der Waals surface area contributed by atoms with Crippen LogP contribution in [0.25, 0.3) is 0 Å². The van der Waals surface area contributed by atoms with Crippen LogP contribution in [0.4, 0.5) is 0 Å². The van der Waals surface area contributed by atoms with E-state index in [0.717, 1.165) is 11.8 Å². The van der Waals surface area contributed by atoms with Crippen LogP contribution in [0.5, 0.6) is 0 Å². The monoisotopic (exact) mass is 233 g/mol. The van der Waals surface area contributed by atoms with E-state index < -0.39 is 0 Å². The molecule has 1 nitrogen and oxygen atoms in total. The van der Waals surface area contributed by atoms with E-state index >= 15 is 0 Å². The predicted molar refractivity (Wildman–Crippen MR) is 74.8 cm³/mol. The minimum Gasteiger partial charge on any atom is -0.365 e. The molecule has 0 radical (unpaired) electrons. The van der Waals surface area contributed by atoms with Gasteiger partial charge in [-0.05, 0) is 59.5 Å². The first-order chi connectivity index (χ1) is 7.73. The summed E-state index contributed by atoms with van der Waals surface area (Å²) in [4.78, 5) is 2.66. The van der Waals surface area contributed by atoms with Crippen LogP contribution in [0, 0.1) is 11.8 Å². The van der Waals surface area contributed by atoms with Crippen LogP contribution in [0.15, 0.2) is 23.9 Å². The molecule has 1 heterocycles. The Kier molecular flexibility index (Phi) is 2.92. The van der Waals surface area contributed by atoms with Gasteiger partial charge < -0.3 is 4.90 Å². The Balaban J connectivity index is 2.45. The first-order valence-electron chi connectivity index (χ1n) is 6.90. The highest BCUT2D eigenvalue weighted by Gasteiger charge is 2.45. The van der Waals surface area contributed by atoms with Crippen LogP contribution in [0.2, 0.25) is 0 Å². The molecular weight excluding hydrogens is 206 g/mol. The maximum Gasteiger partial charge on any atom is 0.0351 e. The topological polar surface area (TPSA) is 3.24 Å². The van der Waals surface area contributed by atoms with Gasteiger partial charge in [0, 0.05) is 22.7 Å². The van der Waals surface area contributed by atoms with Gasteiger partial charge in [-0.2, -0.15) is 0 Å². The van der Waals surface area contributed by atoms with Crippen LogP contribution >= 0.6 is 0 Å². The molecule has 2 unspecified atom stereocenters. The zero-order chi connectivity index (χ0) is 12.8. The van der Waals surface area contributed by atoms with E-state index in [9.17, 15) is 0 Å². The van der Waals surface area contributed by atoms with Gasteiger partial charge in [0.05, 0.1) is 0 Å². The fourth-order valence-corrected chi connectivity index (χ4v) is 4.07. The van der Waals surface area contributed by atoms with E-state index in [1.165, 1.54) is 12.8 Å². The smallest absolute Gasteiger partial charge is 0.0351 e. The van der Waals surface area contributed by atoms with Gasteiger partial charge in [-0.3, -0.25) is 0 Å². The van der Waals surface area contributed by atoms with Crippen LogP contribution in [0.1, 0.15) is 54.4 Å². The van der Waals surface area contributed by atoms with Crippen molar-refractivity contribution in [3.63, 3.8) is 0 Å². The molecule has 17 heavy (non-hydrogen) atoms. The number of nitrogens with zero attached hydrogens (tertiary/aromatic N) is 1. The molecule has 0 bridgehead atoms. The molecule has 2 rings (SSSR count). The molecule has 96 valence electrons. The maximum atomic E-state index is 2.66. The Hall–Kier alpha value is -0.720. The first kappa shape index (κ1) is 12.7. The Morgan fingerprint density at radius 2 is 1.94 bits per heavy atom. The Labute approximate surface area is 107 Å². The molecule has 1 heteroatoms. The second kappa shape index (κ2) is 3.90.